The van der Waals surface area contributed by atoms with E-state index < -0.39 is 64.5 Å². The Labute approximate surface area is 600 Å². The first-order valence-electron chi connectivity index (χ1n) is 30.4. The van der Waals surface area contributed by atoms with Gasteiger partial charge in [0.1, 0.15) is 17.5 Å². The highest BCUT2D eigenvalue weighted by Crippen LogP contribution is 2.39. The maximum Gasteiger partial charge on any atom is 0.494 e. The van der Waals surface area contributed by atoms with E-state index in [1.165, 1.54) is 45.7 Å². The Morgan fingerprint density at radius 3 is 1.53 bits per heavy atom. The van der Waals surface area contributed by atoms with Crippen molar-refractivity contribution in [2.75, 3.05) is 31.7 Å². The van der Waals surface area contributed by atoms with Gasteiger partial charge in [0.25, 0.3) is 11.8 Å². The molecular formula is C69H59BBr2F12N10O6S2. The summed E-state index contributed by atoms with van der Waals surface area (Å²) in [4.78, 5) is 60.6. The van der Waals surface area contributed by atoms with Crippen molar-refractivity contribution in [2.24, 2.45) is 5.73 Å². The van der Waals surface area contributed by atoms with Crippen LogP contribution in [0.5, 0.6) is 0 Å². The summed E-state index contributed by atoms with van der Waals surface area (Å²) in [7, 11) is 0.994. The van der Waals surface area contributed by atoms with Crippen LogP contribution in [-0.2, 0) is 65.1 Å². The minimum Gasteiger partial charge on any atom is -0.465 e. The lowest BCUT2D eigenvalue weighted by Crippen LogP contribution is -2.41. The number of anilines is 2. The van der Waals surface area contributed by atoms with Crippen LogP contribution in [0.4, 0.5) is 62.9 Å². The number of ether oxygens (including phenoxy) is 1. The van der Waals surface area contributed by atoms with Crippen molar-refractivity contribution in [2.45, 2.75) is 89.9 Å². The highest BCUT2D eigenvalue weighted by molar-refractivity contribution is 9.10. The maximum absolute atomic E-state index is 14.2. The molecule has 2 amide bonds. The van der Waals surface area contributed by atoms with Crippen LogP contribution in [0.1, 0.15) is 109 Å². The summed E-state index contributed by atoms with van der Waals surface area (Å²) in [6.07, 6.45) is -6.34. The number of thiazole rings is 2. The van der Waals surface area contributed by atoms with Crippen molar-refractivity contribution >= 4 is 122 Å². The van der Waals surface area contributed by atoms with Crippen molar-refractivity contribution in [3.8, 4) is 11.1 Å². The molecule has 3 aliphatic heterocycles. The molecule has 6 N–H and O–H groups in total. The summed E-state index contributed by atoms with van der Waals surface area (Å²) in [5.74, 6) is -3.45. The molecule has 102 heavy (non-hydrogen) atoms. The number of carbonyl (C=O) groups is 3. The summed E-state index contributed by atoms with van der Waals surface area (Å²) >= 11 is 9.28. The maximum atomic E-state index is 14.2. The Morgan fingerprint density at radius 2 is 1.05 bits per heavy atom. The van der Waals surface area contributed by atoms with Gasteiger partial charge in [-0.25, -0.2) is 27.9 Å². The van der Waals surface area contributed by atoms with Crippen molar-refractivity contribution < 1.29 is 81.1 Å². The number of rotatable bonds is 9. The first-order valence-corrected chi connectivity index (χ1v) is 33.6. The predicted octanol–water partition coefficient (Wildman–Crippen LogP) is 16.3. The molecule has 0 saturated carbocycles. The number of pyridine rings is 3. The SMILES string of the molecule is C=Cc1ncc(Br)cc1C(=O)OC.CC1(C)OB(c2ccc3nc(N)sc3c2)OC1(C)C.NCc1cc(C(F)(F)F)ccc1F.Nc1nc2ccc(-c3cnc4c(c3)C(=O)N(Cc3cc(C(F)(F)F)ccc3F)CC4)cc2s1.O=C1c2cc(Br)cnc2CCN1Cc1cc(C(F)(F)F)ccc1F. The number of amides is 2. The van der Waals surface area contributed by atoms with Crippen LogP contribution in [0.3, 0.4) is 0 Å². The van der Waals surface area contributed by atoms with E-state index in [2.05, 4.69) is 95.8 Å². The number of fused-ring (bicyclic) bond motifs is 4. The lowest BCUT2D eigenvalue weighted by atomic mass is 9.79. The molecule has 5 aromatic heterocycles. The molecule has 13 rings (SSSR count). The Balaban J connectivity index is 0.000000156. The lowest BCUT2D eigenvalue weighted by Gasteiger charge is -2.32. The summed E-state index contributed by atoms with van der Waals surface area (Å²) in [5.41, 5.74) is 19.8. The number of hydrogen-bond donors (Lipinski definition) is 3. The molecule has 0 atom stereocenters. The molecule has 0 unspecified atom stereocenters. The smallest absolute Gasteiger partial charge is 0.465 e. The van der Waals surface area contributed by atoms with Crippen molar-refractivity contribution in [1.82, 2.24) is 34.7 Å². The van der Waals surface area contributed by atoms with E-state index in [1.54, 1.807) is 36.8 Å². The van der Waals surface area contributed by atoms with E-state index in [0.717, 1.165) is 72.3 Å². The number of benzene rings is 5. The fourth-order valence-electron chi connectivity index (χ4n) is 10.4. The van der Waals surface area contributed by atoms with Crippen LogP contribution in [0.15, 0.2) is 143 Å². The molecule has 1 fully saturated rings. The van der Waals surface area contributed by atoms with Crippen molar-refractivity contribution in [1.29, 1.82) is 0 Å². The average molecular weight is 1590 g/mol. The molecule has 1 saturated heterocycles. The molecular weight excluding hydrogens is 1530 g/mol. The molecule has 5 aromatic carbocycles. The van der Waals surface area contributed by atoms with Gasteiger partial charge in [-0.1, -0.05) is 41.4 Å². The van der Waals surface area contributed by atoms with Gasteiger partial charge in [0.15, 0.2) is 10.3 Å². The number of methoxy groups -OCH3 is 1. The summed E-state index contributed by atoms with van der Waals surface area (Å²) in [5, 5.41) is 1.04. The first-order chi connectivity index (χ1) is 47.9. The number of nitrogen functional groups attached to an aromatic ring is 2. The number of halogens is 14. The van der Waals surface area contributed by atoms with Crippen LogP contribution < -0.4 is 22.7 Å². The van der Waals surface area contributed by atoms with E-state index in [4.69, 9.17) is 26.5 Å². The largest absolute Gasteiger partial charge is 0.494 e. The highest BCUT2D eigenvalue weighted by atomic mass is 79.9. The van der Waals surface area contributed by atoms with Crippen LogP contribution in [0.2, 0.25) is 0 Å². The molecule has 3 aliphatic rings. The molecule has 16 nitrogen and oxygen atoms in total. The number of carbonyl (C=O) groups excluding carboxylic acids is 3. The van der Waals surface area contributed by atoms with Gasteiger partial charge in [0.05, 0.1) is 89.2 Å². The highest BCUT2D eigenvalue weighted by Gasteiger charge is 2.52. The van der Waals surface area contributed by atoms with Crippen molar-refractivity contribution in [3.63, 3.8) is 0 Å². The summed E-state index contributed by atoms with van der Waals surface area (Å²) in [6.45, 7) is 11.5. The van der Waals surface area contributed by atoms with Crippen LogP contribution in [-0.4, -0.2) is 91.0 Å². The number of aromatic nitrogens is 5. The van der Waals surface area contributed by atoms with Crippen LogP contribution >= 0.6 is 54.5 Å². The zero-order chi connectivity index (χ0) is 74.6. The third-order valence-electron chi connectivity index (χ3n) is 16.4. The normalized spacial score (nSPS) is 14.6. The molecule has 0 spiro atoms. The lowest BCUT2D eigenvalue weighted by molar-refractivity contribution is -0.138. The van der Waals surface area contributed by atoms with Crippen molar-refractivity contribution in [3.05, 3.63) is 228 Å². The zero-order valence-corrected chi connectivity index (χ0v) is 59.2. The van der Waals surface area contributed by atoms with E-state index >= 15 is 0 Å². The van der Waals surface area contributed by atoms with Gasteiger partial charge in [-0.15, -0.1) is 0 Å². The molecule has 10 aromatic rings. The van der Waals surface area contributed by atoms with E-state index in [0.29, 0.717) is 85.1 Å². The number of alkyl halides is 9. The Bertz CT molecular complexity index is 4790. The van der Waals surface area contributed by atoms with Gasteiger partial charge in [0.2, 0.25) is 0 Å². The molecule has 0 bridgehead atoms. The fraction of sp³-hybridized carbons (Fsp3) is 0.246. The Hall–Kier alpha value is -8.86. The molecule has 33 heteroatoms. The predicted molar refractivity (Wildman–Crippen MR) is 371 cm³/mol. The van der Waals surface area contributed by atoms with E-state index in [-0.39, 0.29) is 73.6 Å². The Morgan fingerprint density at radius 1 is 0.608 bits per heavy atom. The topological polar surface area (TPSA) is 228 Å². The minimum absolute atomic E-state index is 0.130. The average Bonchev–Trinajstić information content (AvgIpc) is 1.45. The van der Waals surface area contributed by atoms with Gasteiger partial charge in [-0.3, -0.25) is 24.5 Å². The monoisotopic (exact) mass is 1580 g/mol. The number of nitrogens with zero attached hydrogens (tertiary/aromatic N) is 7. The Kier molecular flexibility index (Phi) is 23.8. The number of hydrogen-bond acceptors (Lipinski definition) is 16. The minimum atomic E-state index is -4.59. The second-order valence-electron chi connectivity index (χ2n) is 23.8. The van der Waals surface area contributed by atoms with Crippen LogP contribution in [0, 0.1) is 17.5 Å². The standard InChI is InChI=1S/C23H16F4N4OS.C16H11BrF4N2O.C13H17BN2O2S.C9H8BrNO2.C8H7F4N/c24-17-3-2-15(23(25,26)27)7-14(17)11-31-6-5-18-16(21(31)32)8-13(10-29-18)12-1-4-19-20(9-12)33-22(28)30-19;17-11-6-12-14(22-7-11)3-4-23(15(12)24)8-9-5-10(16(19,20)21)1-2-13(9)18;1-12(2)13(3,4)18-14(17-12)8-5-6-9-10(7-8)19-11(15)16-9;1-3-8-7(9(12)13-2)4-6(10)5-11-8;9-7-2-1-6(8(10,11)12)3-5(7)4-13/h1-4,7-10H,5-6,11H2,(H2,28,30);1-2,5-7H,3-4,8H2;5-7H,1-4H3,(H2,15,16);3-5H,1H2,2H3;1-3H,4,13H2. The second kappa shape index (κ2) is 31.4. The zero-order valence-electron chi connectivity index (χ0n) is 54.4. The molecule has 534 valence electrons. The van der Waals surface area contributed by atoms with Gasteiger partial charge >= 0.3 is 31.6 Å². The summed E-state index contributed by atoms with van der Waals surface area (Å²) in [6, 6.07) is 23.2. The first kappa shape index (κ1) is 77.3. The summed E-state index contributed by atoms with van der Waals surface area (Å²) < 4.78 is 174. The molecule has 0 radical (unpaired) electrons. The third kappa shape index (κ3) is 18.5. The molecule has 8 heterocycles. The van der Waals surface area contributed by atoms with Gasteiger partial charge in [-0.05, 0) is 174 Å². The fourth-order valence-corrected chi connectivity index (χ4v) is 12.6. The number of nitrogens with two attached hydrogens (primary N) is 3. The second-order valence-corrected chi connectivity index (χ2v) is 27.8. The van der Waals surface area contributed by atoms with Gasteiger partial charge in [0, 0.05) is 95.4 Å². The van der Waals surface area contributed by atoms with Gasteiger partial charge in [-0.2, -0.15) is 39.5 Å². The number of esters is 1. The third-order valence-corrected chi connectivity index (χ3v) is 19.0. The van der Waals surface area contributed by atoms with Crippen LogP contribution in [0.25, 0.3) is 37.6 Å². The molecule has 0 aliphatic carbocycles. The quantitative estimate of drug-likeness (QED) is 0.0694. The van der Waals surface area contributed by atoms with E-state index in [9.17, 15) is 67.1 Å². The van der Waals surface area contributed by atoms with Gasteiger partial charge < -0.3 is 41.0 Å². The van der Waals surface area contributed by atoms with E-state index in [1.807, 2.05) is 36.4 Å².